The first kappa shape index (κ1) is 21.5. The molecule has 30 heavy (non-hydrogen) atoms. The molecule has 2 heterocycles. The normalized spacial score (nSPS) is 17.3. The minimum absolute atomic E-state index is 0.0800. The molecule has 0 aliphatic carbocycles. The van der Waals surface area contributed by atoms with Crippen molar-refractivity contribution in [3.05, 3.63) is 35.7 Å². The van der Waals surface area contributed by atoms with Gasteiger partial charge in [-0.05, 0) is 54.8 Å². The van der Waals surface area contributed by atoms with Crippen molar-refractivity contribution >= 4 is 12.0 Å². The minimum Gasteiger partial charge on any atom is -0.497 e. The second-order valence-electron chi connectivity index (χ2n) is 7.23. The number of hydrogen-bond donors (Lipinski definition) is 1. The lowest BCUT2D eigenvalue weighted by Crippen LogP contribution is -2.51. The molecule has 0 spiro atoms. The van der Waals surface area contributed by atoms with Crippen molar-refractivity contribution in [2.75, 3.05) is 26.8 Å². The zero-order valence-corrected chi connectivity index (χ0v) is 17.6. The van der Waals surface area contributed by atoms with Crippen LogP contribution in [0.4, 0.5) is 4.79 Å². The quantitative estimate of drug-likeness (QED) is 0.728. The number of ether oxygens (including phenoxy) is 2. The van der Waals surface area contributed by atoms with Gasteiger partial charge in [0.05, 0.1) is 13.7 Å². The van der Waals surface area contributed by atoms with Gasteiger partial charge in [0.2, 0.25) is 5.91 Å². The Kier molecular flexibility index (Phi) is 7.21. The van der Waals surface area contributed by atoms with Gasteiger partial charge in [-0.25, -0.2) is 9.48 Å². The van der Waals surface area contributed by atoms with Crippen molar-refractivity contribution in [2.45, 2.75) is 45.2 Å². The Hall–Kier alpha value is -3.17. The second-order valence-corrected chi connectivity index (χ2v) is 7.23. The highest BCUT2D eigenvalue weighted by Gasteiger charge is 2.32. The largest absolute Gasteiger partial charge is 0.497 e. The average molecular weight is 416 g/mol. The number of carbonyl (C=O) groups excluding carboxylic acids is 2. The molecule has 1 aliphatic heterocycles. The minimum atomic E-state index is -0.589. The van der Waals surface area contributed by atoms with E-state index in [1.807, 2.05) is 24.3 Å². The lowest BCUT2D eigenvalue weighted by atomic mass is 10.0. The first-order valence-electron chi connectivity index (χ1n) is 10.1. The number of tetrazole rings is 1. The number of alkyl carbamates (subject to hydrolysis) is 1. The Bertz CT molecular complexity index is 870. The molecule has 0 bridgehead atoms. The van der Waals surface area contributed by atoms with Gasteiger partial charge in [0.25, 0.3) is 0 Å². The van der Waals surface area contributed by atoms with Crippen LogP contribution in [0.5, 0.6) is 5.75 Å². The van der Waals surface area contributed by atoms with Gasteiger partial charge >= 0.3 is 6.09 Å². The van der Waals surface area contributed by atoms with Crippen LogP contribution in [0.15, 0.2) is 24.3 Å². The zero-order chi connectivity index (χ0) is 21.5. The molecular weight excluding hydrogens is 388 g/mol. The summed E-state index contributed by atoms with van der Waals surface area (Å²) in [7, 11) is 1.61. The molecule has 2 unspecified atom stereocenters. The third kappa shape index (κ3) is 5.25. The van der Waals surface area contributed by atoms with Crippen molar-refractivity contribution < 1.29 is 19.1 Å². The van der Waals surface area contributed by atoms with Crippen LogP contribution in [-0.4, -0.2) is 70.0 Å². The highest BCUT2D eigenvalue weighted by atomic mass is 16.5. The van der Waals surface area contributed by atoms with Gasteiger partial charge in [-0.1, -0.05) is 12.1 Å². The van der Waals surface area contributed by atoms with Crippen LogP contribution in [0.3, 0.4) is 0 Å². The van der Waals surface area contributed by atoms with Gasteiger partial charge < -0.3 is 19.7 Å². The molecule has 1 aromatic carbocycles. The van der Waals surface area contributed by atoms with E-state index in [2.05, 4.69) is 20.8 Å². The number of carbonyl (C=O) groups is 2. The molecule has 1 saturated heterocycles. The van der Waals surface area contributed by atoms with Crippen molar-refractivity contribution in [1.82, 2.24) is 30.4 Å². The van der Waals surface area contributed by atoms with Gasteiger partial charge in [-0.3, -0.25) is 4.79 Å². The van der Waals surface area contributed by atoms with E-state index >= 15 is 0 Å². The maximum absolute atomic E-state index is 13.5. The van der Waals surface area contributed by atoms with Gasteiger partial charge in [-0.2, -0.15) is 0 Å². The molecule has 2 aromatic rings. The number of benzene rings is 1. The van der Waals surface area contributed by atoms with E-state index in [9.17, 15) is 9.59 Å². The molecule has 162 valence electrons. The molecule has 2 amide bonds. The van der Waals surface area contributed by atoms with Crippen molar-refractivity contribution in [3.8, 4) is 5.75 Å². The molecule has 10 nitrogen and oxygen atoms in total. The third-order valence-corrected chi connectivity index (χ3v) is 5.13. The summed E-state index contributed by atoms with van der Waals surface area (Å²) in [4.78, 5) is 27.0. The van der Waals surface area contributed by atoms with Crippen LogP contribution in [0.2, 0.25) is 0 Å². The average Bonchev–Trinajstić information content (AvgIpc) is 3.17. The molecule has 1 N–H and O–H groups in total. The Labute approximate surface area is 175 Å². The van der Waals surface area contributed by atoms with Gasteiger partial charge in [-0.15, -0.1) is 5.10 Å². The SMILES string of the molecule is CCOC(=O)NC1CCCN(C(=O)C(Cc2cccc(OC)c2)n2nnnc2C)C1. The highest BCUT2D eigenvalue weighted by molar-refractivity contribution is 5.81. The number of nitrogens with one attached hydrogen (secondary N) is 1. The van der Waals surface area contributed by atoms with Gasteiger partial charge in [0.15, 0.2) is 0 Å². The smallest absolute Gasteiger partial charge is 0.407 e. The van der Waals surface area contributed by atoms with Crippen molar-refractivity contribution in [3.63, 3.8) is 0 Å². The van der Waals surface area contributed by atoms with Gasteiger partial charge in [0, 0.05) is 25.6 Å². The monoisotopic (exact) mass is 416 g/mol. The number of piperidine rings is 1. The zero-order valence-electron chi connectivity index (χ0n) is 17.6. The Balaban J connectivity index is 1.78. The van der Waals surface area contributed by atoms with Crippen LogP contribution in [0.1, 0.15) is 37.2 Å². The Morgan fingerprint density at radius 2 is 2.20 bits per heavy atom. The number of likely N-dealkylation sites (tertiary alicyclic amines) is 1. The topological polar surface area (TPSA) is 111 Å². The fraction of sp³-hybridized carbons (Fsp3) is 0.550. The number of hydrogen-bond acceptors (Lipinski definition) is 7. The van der Waals surface area contributed by atoms with Crippen LogP contribution >= 0.6 is 0 Å². The second kappa shape index (κ2) is 10.0. The maximum atomic E-state index is 13.5. The summed E-state index contributed by atoms with van der Waals surface area (Å²) in [6, 6.07) is 6.87. The van der Waals surface area contributed by atoms with E-state index in [1.165, 1.54) is 0 Å². The van der Waals surface area contributed by atoms with E-state index in [1.54, 1.807) is 30.5 Å². The number of nitrogens with zero attached hydrogens (tertiary/aromatic N) is 5. The Morgan fingerprint density at radius 3 is 2.90 bits per heavy atom. The summed E-state index contributed by atoms with van der Waals surface area (Å²) >= 11 is 0. The molecule has 3 rings (SSSR count). The van der Waals surface area contributed by atoms with Crippen molar-refractivity contribution in [1.29, 1.82) is 0 Å². The number of amides is 2. The number of aryl methyl sites for hydroxylation is 1. The van der Waals surface area contributed by atoms with E-state index in [0.29, 0.717) is 31.9 Å². The highest BCUT2D eigenvalue weighted by Crippen LogP contribution is 2.23. The summed E-state index contributed by atoms with van der Waals surface area (Å²) < 4.78 is 11.8. The summed E-state index contributed by atoms with van der Waals surface area (Å²) in [5.41, 5.74) is 0.945. The predicted octanol–water partition coefficient (Wildman–Crippen LogP) is 1.51. The summed E-state index contributed by atoms with van der Waals surface area (Å²) in [6.45, 7) is 4.88. The number of rotatable bonds is 7. The molecule has 0 radical (unpaired) electrons. The fourth-order valence-electron chi connectivity index (χ4n) is 3.67. The van der Waals surface area contributed by atoms with Crippen molar-refractivity contribution in [2.24, 2.45) is 0 Å². The summed E-state index contributed by atoms with van der Waals surface area (Å²) in [5, 5.41) is 14.5. The predicted molar refractivity (Wildman–Crippen MR) is 108 cm³/mol. The molecule has 10 heteroatoms. The van der Waals surface area contributed by atoms with E-state index in [4.69, 9.17) is 9.47 Å². The van der Waals surface area contributed by atoms with Crippen LogP contribution in [0, 0.1) is 6.92 Å². The first-order chi connectivity index (χ1) is 14.5. The maximum Gasteiger partial charge on any atom is 0.407 e. The van der Waals surface area contributed by atoms with Crippen LogP contribution < -0.4 is 10.1 Å². The standard InChI is InChI=1S/C20H28N6O4/c1-4-30-20(28)21-16-8-6-10-25(13-16)19(27)18(26-14(2)22-23-24-26)12-15-7-5-9-17(11-15)29-3/h5,7,9,11,16,18H,4,6,8,10,12-13H2,1-3H3,(H,21,28). The molecule has 1 fully saturated rings. The number of aromatic nitrogens is 4. The molecular formula is C20H28N6O4. The molecule has 1 aromatic heterocycles. The van der Waals surface area contributed by atoms with Crippen LogP contribution in [-0.2, 0) is 16.0 Å². The fourth-order valence-corrected chi connectivity index (χ4v) is 3.67. The molecule has 1 aliphatic rings. The molecule has 2 atom stereocenters. The third-order valence-electron chi connectivity index (χ3n) is 5.13. The van der Waals surface area contributed by atoms with E-state index in [-0.39, 0.29) is 11.9 Å². The number of methoxy groups -OCH3 is 1. The Morgan fingerprint density at radius 1 is 1.37 bits per heavy atom. The lowest BCUT2D eigenvalue weighted by Gasteiger charge is -2.35. The summed E-state index contributed by atoms with van der Waals surface area (Å²) in [6.07, 6.45) is 1.56. The van der Waals surface area contributed by atoms with E-state index < -0.39 is 12.1 Å². The first-order valence-corrected chi connectivity index (χ1v) is 10.1. The molecule has 0 saturated carbocycles. The summed E-state index contributed by atoms with van der Waals surface area (Å²) in [5.74, 6) is 1.21. The lowest BCUT2D eigenvalue weighted by molar-refractivity contribution is -0.136. The van der Waals surface area contributed by atoms with E-state index in [0.717, 1.165) is 24.2 Å². The van der Waals surface area contributed by atoms with Gasteiger partial charge in [0.1, 0.15) is 17.6 Å². The van der Waals surface area contributed by atoms with Crippen LogP contribution in [0.25, 0.3) is 0 Å².